The number of amides is 1. The molecule has 0 atom stereocenters. The Balaban J connectivity index is 2.20. The number of pyridine rings is 1. The molecule has 86 valence electrons. The third-order valence-electron chi connectivity index (χ3n) is 2.20. The number of aromatic nitrogens is 1. The molecule has 0 saturated heterocycles. The van der Waals surface area contributed by atoms with Gasteiger partial charge in [0.25, 0.3) is 5.91 Å². The van der Waals surface area contributed by atoms with Crippen molar-refractivity contribution in [1.82, 2.24) is 4.98 Å². The second-order valence-corrected chi connectivity index (χ2v) is 3.41. The number of benzene rings is 1. The van der Waals surface area contributed by atoms with Crippen LogP contribution in [0.1, 0.15) is 10.4 Å². The number of hydrogen-bond donors (Lipinski definition) is 3. The quantitative estimate of drug-likeness (QED) is 0.681. The largest absolute Gasteiger partial charge is 0.506 e. The van der Waals surface area contributed by atoms with Crippen molar-refractivity contribution in [1.29, 1.82) is 0 Å². The van der Waals surface area contributed by atoms with Crippen LogP contribution >= 0.6 is 0 Å². The van der Waals surface area contributed by atoms with E-state index in [1.165, 1.54) is 24.4 Å². The molecule has 0 saturated carbocycles. The van der Waals surface area contributed by atoms with E-state index in [1.54, 1.807) is 18.2 Å². The van der Waals surface area contributed by atoms with E-state index in [1.807, 2.05) is 0 Å². The predicted octanol–water partition coefficient (Wildman–Crippen LogP) is 1.33. The lowest BCUT2D eigenvalue weighted by atomic mass is 10.2. The van der Waals surface area contributed by atoms with Crippen LogP contribution in [0, 0.1) is 0 Å². The summed E-state index contributed by atoms with van der Waals surface area (Å²) in [6, 6.07) is 9.09. The molecule has 0 aliphatic rings. The van der Waals surface area contributed by atoms with Crippen LogP contribution in [-0.4, -0.2) is 16.0 Å². The average molecular weight is 230 g/mol. The SMILES string of the molecule is O=C(Nc1ccccc1O)c1ccc(=O)[nH]c1. The Bertz CT molecular complexity index is 584. The summed E-state index contributed by atoms with van der Waals surface area (Å²) in [5.41, 5.74) is 0.362. The van der Waals surface area contributed by atoms with Gasteiger partial charge in [0.05, 0.1) is 11.3 Å². The highest BCUT2D eigenvalue weighted by atomic mass is 16.3. The van der Waals surface area contributed by atoms with E-state index in [9.17, 15) is 14.7 Å². The van der Waals surface area contributed by atoms with Crippen molar-refractivity contribution in [2.24, 2.45) is 0 Å². The molecule has 2 aromatic rings. The monoisotopic (exact) mass is 230 g/mol. The molecule has 5 nitrogen and oxygen atoms in total. The number of para-hydroxylation sites is 2. The fourth-order valence-corrected chi connectivity index (χ4v) is 1.33. The number of H-pyrrole nitrogens is 1. The van der Waals surface area contributed by atoms with Gasteiger partial charge in [-0.3, -0.25) is 9.59 Å². The van der Waals surface area contributed by atoms with E-state index >= 15 is 0 Å². The zero-order chi connectivity index (χ0) is 12.3. The van der Waals surface area contributed by atoms with Gasteiger partial charge in [0.1, 0.15) is 5.75 Å². The summed E-state index contributed by atoms with van der Waals surface area (Å²) in [4.78, 5) is 25.0. The number of anilines is 1. The highest BCUT2D eigenvalue weighted by molar-refractivity contribution is 6.04. The van der Waals surface area contributed by atoms with Crippen LogP contribution in [0.5, 0.6) is 5.75 Å². The van der Waals surface area contributed by atoms with Crippen molar-refractivity contribution in [3.63, 3.8) is 0 Å². The number of aromatic amines is 1. The van der Waals surface area contributed by atoms with Crippen LogP contribution in [0.3, 0.4) is 0 Å². The van der Waals surface area contributed by atoms with Gasteiger partial charge in [0, 0.05) is 12.3 Å². The maximum atomic E-state index is 11.7. The molecule has 1 aromatic carbocycles. The third kappa shape index (κ3) is 2.52. The van der Waals surface area contributed by atoms with Crippen molar-refractivity contribution >= 4 is 11.6 Å². The van der Waals surface area contributed by atoms with Gasteiger partial charge in [0.2, 0.25) is 5.56 Å². The first-order chi connectivity index (χ1) is 8.16. The Kier molecular flexibility index (Phi) is 2.91. The number of hydrogen-bond acceptors (Lipinski definition) is 3. The summed E-state index contributed by atoms with van der Waals surface area (Å²) in [6.07, 6.45) is 1.32. The molecule has 1 aromatic heterocycles. The molecule has 5 heteroatoms. The van der Waals surface area contributed by atoms with Crippen molar-refractivity contribution in [3.8, 4) is 5.75 Å². The van der Waals surface area contributed by atoms with Crippen LogP contribution in [-0.2, 0) is 0 Å². The van der Waals surface area contributed by atoms with Gasteiger partial charge < -0.3 is 15.4 Å². The van der Waals surface area contributed by atoms with Crippen molar-refractivity contribution in [2.45, 2.75) is 0 Å². The van der Waals surface area contributed by atoms with E-state index in [2.05, 4.69) is 10.3 Å². The fourth-order valence-electron chi connectivity index (χ4n) is 1.33. The topological polar surface area (TPSA) is 82.2 Å². The van der Waals surface area contributed by atoms with Gasteiger partial charge >= 0.3 is 0 Å². The summed E-state index contributed by atoms with van der Waals surface area (Å²) >= 11 is 0. The Morgan fingerprint density at radius 1 is 1.18 bits per heavy atom. The van der Waals surface area contributed by atoms with Crippen LogP contribution in [0.25, 0.3) is 0 Å². The molecule has 2 rings (SSSR count). The molecule has 0 fully saturated rings. The van der Waals surface area contributed by atoms with Crippen LogP contribution < -0.4 is 10.9 Å². The minimum Gasteiger partial charge on any atom is -0.506 e. The minimum absolute atomic E-state index is 0.00900. The number of aromatic hydroxyl groups is 1. The van der Waals surface area contributed by atoms with Crippen molar-refractivity contribution in [2.75, 3.05) is 5.32 Å². The minimum atomic E-state index is -0.400. The van der Waals surface area contributed by atoms with Gasteiger partial charge in [-0.2, -0.15) is 0 Å². The third-order valence-corrected chi connectivity index (χ3v) is 2.20. The summed E-state index contributed by atoms with van der Waals surface area (Å²) in [7, 11) is 0. The molecule has 1 amide bonds. The van der Waals surface area contributed by atoms with E-state index in [0.717, 1.165) is 0 Å². The first-order valence-corrected chi connectivity index (χ1v) is 4.95. The molecule has 0 aliphatic heterocycles. The smallest absolute Gasteiger partial charge is 0.257 e. The van der Waals surface area contributed by atoms with E-state index < -0.39 is 5.91 Å². The Morgan fingerprint density at radius 2 is 1.94 bits per heavy atom. The predicted molar refractivity (Wildman–Crippen MR) is 63.1 cm³/mol. The Labute approximate surface area is 96.7 Å². The maximum Gasteiger partial charge on any atom is 0.257 e. The van der Waals surface area contributed by atoms with Gasteiger partial charge in [0.15, 0.2) is 0 Å². The van der Waals surface area contributed by atoms with E-state index in [-0.39, 0.29) is 11.3 Å². The zero-order valence-corrected chi connectivity index (χ0v) is 8.81. The number of phenols is 1. The fraction of sp³-hybridized carbons (Fsp3) is 0. The van der Waals surface area contributed by atoms with Gasteiger partial charge in [-0.25, -0.2) is 0 Å². The normalized spacial score (nSPS) is 9.88. The number of rotatable bonds is 2. The Hall–Kier alpha value is -2.56. The second-order valence-electron chi connectivity index (χ2n) is 3.41. The highest BCUT2D eigenvalue weighted by Crippen LogP contribution is 2.21. The summed E-state index contributed by atoms with van der Waals surface area (Å²) in [5.74, 6) is -0.409. The zero-order valence-electron chi connectivity index (χ0n) is 8.81. The lowest BCUT2D eigenvalue weighted by Crippen LogP contribution is -2.14. The Morgan fingerprint density at radius 3 is 2.59 bits per heavy atom. The molecule has 1 heterocycles. The first-order valence-electron chi connectivity index (χ1n) is 4.95. The van der Waals surface area contributed by atoms with Crippen molar-refractivity contribution < 1.29 is 9.90 Å². The lowest BCUT2D eigenvalue weighted by molar-refractivity contribution is 0.102. The summed E-state index contributed by atoms with van der Waals surface area (Å²) < 4.78 is 0. The first kappa shape index (κ1) is 10.9. The van der Waals surface area contributed by atoms with Gasteiger partial charge in [-0.1, -0.05) is 12.1 Å². The van der Waals surface area contributed by atoms with Crippen LogP contribution in [0.4, 0.5) is 5.69 Å². The van der Waals surface area contributed by atoms with Crippen LogP contribution in [0.2, 0.25) is 0 Å². The average Bonchev–Trinajstić information content (AvgIpc) is 2.33. The standard InChI is InChI=1S/C12H10N2O3/c15-10-4-2-1-3-9(10)14-12(17)8-5-6-11(16)13-7-8/h1-7,15H,(H,13,16)(H,14,17). The number of nitrogens with one attached hydrogen (secondary N) is 2. The summed E-state index contributed by atoms with van der Waals surface area (Å²) in [5, 5.41) is 12.0. The molecule has 0 unspecified atom stereocenters. The van der Waals surface area contributed by atoms with E-state index in [0.29, 0.717) is 11.3 Å². The molecule has 0 radical (unpaired) electrons. The number of carbonyl (C=O) groups excluding carboxylic acids is 1. The molecular weight excluding hydrogens is 220 g/mol. The van der Waals surface area contributed by atoms with E-state index in [4.69, 9.17) is 0 Å². The molecule has 0 aliphatic carbocycles. The van der Waals surface area contributed by atoms with Gasteiger partial charge in [-0.05, 0) is 18.2 Å². The molecular formula is C12H10N2O3. The lowest BCUT2D eigenvalue weighted by Gasteiger charge is -2.06. The second kappa shape index (κ2) is 4.52. The molecule has 0 spiro atoms. The number of phenolic OH excluding ortho intramolecular Hbond substituents is 1. The number of carbonyl (C=O) groups is 1. The highest BCUT2D eigenvalue weighted by Gasteiger charge is 2.07. The van der Waals surface area contributed by atoms with Crippen molar-refractivity contribution in [3.05, 3.63) is 58.5 Å². The molecule has 3 N–H and O–H groups in total. The molecule has 0 bridgehead atoms. The van der Waals surface area contributed by atoms with Crippen LogP contribution in [0.15, 0.2) is 47.4 Å². The summed E-state index contributed by atoms with van der Waals surface area (Å²) in [6.45, 7) is 0. The molecule has 17 heavy (non-hydrogen) atoms. The maximum absolute atomic E-state index is 11.7. The van der Waals surface area contributed by atoms with Gasteiger partial charge in [-0.15, -0.1) is 0 Å².